The molecule has 3 aromatic rings. The lowest BCUT2D eigenvalue weighted by molar-refractivity contribution is 0.0479. The van der Waals surface area contributed by atoms with Gasteiger partial charge in [-0.05, 0) is 29.7 Å². The van der Waals surface area contributed by atoms with Crippen LogP contribution in [0.1, 0.15) is 20.0 Å². The highest BCUT2D eigenvalue weighted by Crippen LogP contribution is 2.25. The van der Waals surface area contributed by atoms with E-state index in [-0.39, 0.29) is 5.56 Å². The Morgan fingerprint density at radius 3 is 2.64 bits per heavy atom. The van der Waals surface area contributed by atoms with Crippen LogP contribution in [0.2, 0.25) is 0 Å². The highest BCUT2D eigenvalue weighted by atomic mass is 32.1. The first kappa shape index (κ1) is 14.4. The Morgan fingerprint density at radius 2 is 1.86 bits per heavy atom. The minimum Gasteiger partial charge on any atom is -0.453 e. The van der Waals surface area contributed by atoms with Crippen LogP contribution in [0, 0.1) is 5.82 Å². The summed E-state index contributed by atoms with van der Waals surface area (Å²) < 4.78 is 19.0. The average molecular weight is 314 g/mol. The molecule has 0 spiro atoms. The number of Topliss-reactive ketones (excluding diaryl/α,β-unsaturated/α-hetero) is 1. The van der Waals surface area contributed by atoms with E-state index in [2.05, 4.69) is 0 Å². The summed E-state index contributed by atoms with van der Waals surface area (Å²) >= 11 is 1.31. The van der Waals surface area contributed by atoms with E-state index in [1.807, 2.05) is 24.3 Å². The zero-order chi connectivity index (χ0) is 15.5. The van der Waals surface area contributed by atoms with E-state index in [1.165, 1.54) is 29.5 Å². The first-order chi connectivity index (χ1) is 10.6. The Morgan fingerprint density at radius 1 is 1.05 bits per heavy atom. The van der Waals surface area contributed by atoms with Gasteiger partial charge in [0.05, 0.1) is 0 Å². The van der Waals surface area contributed by atoms with E-state index in [0.29, 0.717) is 4.88 Å². The highest BCUT2D eigenvalue weighted by Gasteiger charge is 2.14. The SMILES string of the molecule is O=C(COC(=O)c1cc2ccccc2s1)c1cccc(F)c1. The summed E-state index contributed by atoms with van der Waals surface area (Å²) in [4.78, 5) is 24.3. The molecule has 0 saturated carbocycles. The molecule has 0 bridgehead atoms. The topological polar surface area (TPSA) is 43.4 Å². The Bertz CT molecular complexity index is 821. The molecule has 0 aliphatic carbocycles. The van der Waals surface area contributed by atoms with Gasteiger partial charge in [-0.2, -0.15) is 0 Å². The third-order valence-electron chi connectivity index (χ3n) is 3.11. The second-order valence-electron chi connectivity index (χ2n) is 4.66. The van der Waals surface area contributed by atoms with Crippen molar-refractivity contribution in [3.05, 3.63) is 70.9 Å². The van der Waals surface area contributed by atoms with Gasteiger partial charge >= 0.3 is 5.97 Å². The molecular weight excluding hydrogens is 303 g/mol. The minimum atomic E-state index is -0.550. The predicted molar refractivity (Wildman–Crippen MR) is 82.8 cm³/mol. The summed E-state index contributed by atoms with van der Waals surface area (Å²) in [5.74, 6) is -1.48. The smallest absolute Gasteiger partial charge is 0.348 e. The quantitative estimate of drug-likeness (QED) is 0.538. The van der Waals surface area contributed by atoms with Crippen LogP contribution in [0.3, 0.4) is 0 Å². The maximum Gasteiger partial charge on any atom is 0.348 e. The monoisotopic (exact) mass is 314 g/mol. The second-order valence-corrected chi connectivity index (χ2v) is 5.74. The molecule has 0 aliphatic rings. The van der Waals surface area contributed by atoms with Gasteiger partial charge in [0.1, 0.15) is 10.7 Å². The first-order valence-electron chi connectivity index (χ1n) is 6.58. The molecule has 1 heterocycles. The summed E-state index contributed by atoms with van der Waals surface area (Å²) in [5, 5.41) is 0.955. The van der Waals surface area contributed by atoms with Gasteiger partial charge in [0.25, 0.3) is 0 Å². The maximum absolute atomic E-state index is 13.1. The fourth-order valence-electron chi connectivity index (χ4n) is 2.03. The largest absolute Gasteiger partial charge is 0.453 e. The van der Waals surface area contributed by atoms with Crippen molar-refractivity contribution in [3.8, 4) is 0 Å². The van der Waals surface area contributed by atoms with Gasteiger partial charge in [-0.1, -0.05) is 30.3 Å². The Balaban J connectivity index is 1.68. The van der Waals surface area contributed by atoms with Crippen molar-refractivity contribution in [2.24, 2.45) is 0 Å². The number of ketones is 1. The molecule has 0 saturated heterocycles. The second kappa shape index (κ2) is 6.07. The van der Waals surface area contributed by atoms with Gasteiger partial charge in [-0.3, -0.25) is 4.79 Å². The number of rotatable bonds is 4. The van der Waals surface area contributed by atoms with Gasteiger partial charge in [0.2, 0.25) is 0 Å². The molecule has 3 nitrogen and oxygen atoms in total. The number of carbonyl (C=O) groups is 2. The van der Waals surface area contributed by atoms with Crippen LogP contribution < -0.4 is 0 Å². The molecule has 2 aromatic carbocycles. The molecule has 0 aliphatic heterocycles. The summed E-state index contributed by atoms with van der Waals surface area (Å²) in [7, 11) is 0. The van der Waals surface area contributed by atoms with E-state index in [9.17, 15) is 14.0 Å². The van der Waals surface area contributed by atoms with E-state index in [4.69, 9.17) is 4.74 Å². The lowest BCUT2D eigenvalue weighted by Gasteiger charge is -2.03. The molecule has 0 radical (unpaired) electrons. The number of carbonyl (C=O) groups excluding carboxylic acids is 2. The number of halogens is 1. The molecule has 0 atom stereocenters. The Kier molecular flexibility index (Phi) is 3.98. The normalized spacial score (nSPS) is 10.6. The van der Waals surface area contributed by atoms with Crippen molar-refractivity contribution in [2.45, 2.75) is 0 Å². The van der Waals surface area contributed by atoms with Crippen molar-refractivity contribution in [2.75, 3.05) is 6.61 Å². The predicted octanol–water partition coefficient (Wildman–Crippen LogP) is 4.08. The minimum absolute atomic E-state index is 0.184. The summed E-state index contributed by atoms with van der Waals surface area (Å²) in [6, 6.07) is 14.6. The Hall–Kier alpha value is -2.53. The fourth-order valence-corrected chi connectivity index (χ4v) is 2.99. The fraction of sp³-hybridized carbons (Fsp3) is 0.0588. The summed E-state index contributed by atoms with van der Waals surface area (Å²) in [5.41, 5.74) is 0.184. The van der Waals surface area contributed by atoms with E-state index >= 15 is 0 Å². The van der Waals surface area contributed by atoms with Crippen LogP contribution >= 0.6 is 11.3 Å². The van der Waals surface area contributed by atoms with Crippen molar-refractivity contribution in [3.63, 3.8) is 0 Å². The molecule has 0 N–H and O–H groups in total. The van der Waals surface area contributed by atoms with Crippen molar-refractivity contribution in [1.82, 2.24) is 0 Å². The van der Waals surface area contributed by atoms with Crippen molar-refractivity contribution in [1.29, 1.82) is 0 Å². The van der Waals surface area contributed by atoms with Gasteiger partial charge in [0.15, 0.2) is 12.4 Å². The first-order valence-corrected chi connectivity index (χ1v) is 7.39. The molecule has 110 valence electrons. The van der Waals surface area contributed by atoms with Gasteiger partial charge in [-0.15, -0.1) is 11.3 Å². The molecule has 0 amide bonds. The Labute approximate surface area is 130 Å². The zero-order valence-electron chi connectivity index (χ0n) is 11.4. The standard InChI is InChI=1S/C17H11FO3S/c18-13-6-3-5-11(8-13)14(19)10-21-17(20)16-9-12-4-1-2-7-15(12)22-16/h1-9H,10H2. The lowest BCUT2D eigenvalue weighted by Crippen LogP contribution is -2.13. The summed E-state index contributed by atoms with van der Waals surface area (Å²) in [6.45, 7) is -0.406. The van der Waals surface area contributed by atoms with Gasteiger partial charge in [-0.25, -0.2) is 9.18 Å². The maximum atomic E-state index is 13.1. The number of benzene rings is 2. The number of hydrogen-bond donors (Lipinski definition) is 0. The lowest BCUT2D eigenvalue weighted by atomic mass is 10.1. The van der Waals surface area contributed by atoms with Crippen LogP contribution in [0.5, 0.6) is 0 Å². The molecule has 0 fully saturated rings. The molecule has 22 heavy (non-hydrogen) atoms. The van der Waals surface area contributed by atoms with E-state index in [0.717, 1.165) is 16.2 Å². The van der Waals surface area contributed by atoms with Crippen LogP contribution in [0.25, 0.3) is 10.1 Å². The molecular formula is C17H11FO3S. The zero-order valence-corrected chi connectivity index (χ0v) is 12.2. The molecule has 3 rings (SSSR count). The number of esters is 1. The molecule has 5 heteroatoms. The molecule has 0 unspecified atom stereocenters. The van der Waals surface area contributed by atoms with E-state index < -0.39 is 24.2 Å². The van der Waals surface area contributed by atoms with Gasteiger partial charge < -0.3 is 4.74 Å². The number of hydrogen-bond acceptors (Lipinski definition) is 4. The number of thiophene rings is 1. The van der Waals surface area contributed by atoms with Gasteiger partial charge in [0, 0.05) is 10.3 Å². The van der Waals surface area contributed by atoms with Crippen LogP contribution in [0.4, 0.5) is 4.39 Å². The van der Waals surface area contributed by atoms with Crippen molar-refractivity contribution < 1.29 is 18.7 Å². The van der Waals surface area contributed by atoms with E-state index in [1.54, 1.807) is 6.07 Å². The highest BCUT2D eigenvalue weighted by molar-refractivity contribution is 7.20. The van der Waals surface area contributed by atoms with Crippen LogP contribution in [-0.4, -0.2) is 18.4 Å². The van der Waals surface area contributed by atoms with Crippen LogP contribution in [-0.2, 0) is 4.74 Å². The number of ether oxygens (including phenoxy) is 1. The average Bonchev–Trinajstić information content (AvgIpc) is 2.96. The van der Waals surface area contributed by atoms with Crippen LogP contribution in [0.15, 0.2) is 54.6 Å². The third-order valence-corrected chi connectivity index (χ3v) is 4.20. The third kappa shape index (κ3) is 3.04. The summed E-state index contributed by atoms with van der Waals surface area (Å²) in [6.07, 6.45) is 0. The molecule has 1 aromatic heterocycles. The number of fused-ring (bicyclic) bond motifs is 1. The van der Waals surface area contributed by atoms with Crippen molar-refractivity contribution >= 4 is 33.2 Å².